The third-order valence-corrected chi connectivity index (χ3v) is 5.69. The van der Waals surface area contributed by atoms with Crippen LogP contribution >= 0.6 is 0 Å². The normalized spacial score (nSPS) is 10.9. The number of carbonyl (C=O) groups excluding carboxylic acids is 1. The Morgan fingerprint density at radius 1 is 1.13 bits per heavy atom. The van der Waals surface area contributed by atoms with E-state index in [-0.39, 0.29) is 5.97 Å². The van der Waals surface area contributed by atoms with Crippen molar-refractivity contribution in [1.29, 1.82) is 5.26 Å². The summed E-state index contributed by atoms with van der Waals surface area (Å²) in [4.78, 5) is 15.3. The number of aromatic nitrogens is 2. The van der Waals surface area contributed by atoms with E-state index >= 15 is 0 Å². The number of carbonyl (C=O) groups is 1. The fraction of sp³-hybridized carbons (Fsp3) is 0.231. The van der Waals surface area contributed by atoms with E-state index in [0.717, 1.165) is 35.0 Å². The lowest BCUT2D eigenvalue weighted by Crippen LogP contribution is -2.02. The van der Waals surface area contributed by atoms with Crippen molar-refractivity contribution in [2.75, 3.05) is 7.11 Å². The summed E-state index contributed by atoms with van der Waals surface area (Å²) in [6, 6.07) is 18.6. The van der Waals surface area contributed by atoms with Gasteiger partial charge in [0.2, 0.25) is 0 Å². The van der Waals surface area contributed by atoms with Crippen LogP contribution in [-0.4, -0.2) is 22.6 Å². The van der Waals surface area contributed by atoms with Crippen LogP contribution in [0.2, 0.25) is 0 Å². The van der Waals surface area contributed by atoms with Gasteiger partial charge in [0.1, 0.15) is 0 Å². The molecule has 2 heterocycles. The van der Waals surface area contributed by atoms with Crippen LogP contribution in [0.3, 0.4) is 0 Å². The number of methoxy groups -OCH3 is 1. The number of nitriles is 1. The first-order valence-corrected chi connectivity index (χ1v) is 10.4. The van der Waals surface area contributed by atoms with Crippen LogP contribution in [0.1, 0.15) is 33.5 Å². The van der Waals surface area contributed by atoms with Crippen molar-refractivity contribution in [2.24, 2.45) is 0 Å². The molecule has 2 aromatic carbocycles. The summed E-state index contributed by atoms with van der Waals surface area (Å²) >= 11 is 0. The molecule has 0 aliphatic rings. The van der Waals surface area contributed by atoms with Gasteiger partial charge < -0.3 is 14.3 Å². The third-order valence-electron chi connectivity index (χ3n) is 5.69. The molecule has 4 aromatic rings. The predicted molar refractivity (Wildman–Crippen MR) is 122 cm³/mol. The highest BCUT2D eigenvalue weighted by atomic mass is 16.5. The average Bonchev–Trinajstić information content (AvgIpc) is 3.42. The van der Waals surface area contributed by atoms with E-state index in [2.05, 4.69) is 46.8 Å². The molecule has 0 fully saturated rings. The number of nitrogens with zero attached hydrogens (tertiary/aromatic N) is 2. The Kier molecular flexibility index (Phi) is 5.90. The molecule has 0 aliphatic carbocycles. The van der Waals surface area contributed by atoms with Gasteiger partial charge in [0.15, 0.2) is 0 Å². The van der Waals surface area contributed by atoms with E-state index in [9.17, 15) is 10.1 Å². The number of hydrogen-bond acceptors (Lipinski definition) is 3. The number of hydrogen-bond donors (Lipinski definition) is 1. The van der Waals surface area contributed by atoms with Gasteiger partial charge in [-0.2, -0.15) is 5.26 Å². The number of esters is 1. The van der Waals surface area contributed by atoms with Crippen LogP contribution in [-0.2, 0) is 24.1 Å². The van der Waals surface area contributed by atoms with Crippen LogP contribution in [0.4, 0.5) is 0 Å². The number of fused-ring (bicyclic) bond motifs is 1. The standard InChI is InChI=1S/C26H25N3O2/c1-18-4-6-19(7-5-18)8-10-22-23-16-20(26(30)31-2)9-11-24(23)29(15-3-13-27)25(22)21-12-14-28-17-21/h4-7,9,11-12,14,16-17,28H,3,8,10,15H2,1-2H3. The summed E-state index contributed by atoms with van der Waals surface area (Å²) in [7, 11) is 1.40. The second-order valence-corrected chi connectivity index (χ2v) is 7.70. The summed E-state index contributed by atoms with van der Waals surface area (Å²) < 4.78 is 7.15. The van der Waals surface area contributed by atoms with Crippen LogP contribution in [0.5, 0.6) is 0 Å². The van der Waals surface area contributed by atoms with Crippen LogP contribution in [0.25, 0.3) is 22.2 Å². The second-order valence-electron chi connectivity index (χ2n) is 7.70. The summed E-state index contributed by atoms with van der Waals surface area (Å²) in [5.41, 5.74) is 7.43. The van der Waals surface area contributed by atoms with Gasteiger partial charge in [-0.15, -0.1) is 0 Å². The monoisotopic (exact) mass is 411 g/mol. The lowest BCUT2D eigenvalue weighted by molar-refractivity contribution is 0.0601. The number of rotatable bonds is 7. The van der Waals surface area contributed by atoms with Crippen LogP contribution in [0.15, 0.2) is 60.9 Å². The van der Waals surface area contributed by atoms with E-state index in [1.807, 2.05) is 30.6 Å². The van der Waals surface area contributed by atoms with E-state index in [4.69, 9.17) is 4.74 Å². The van der Waals surface area contributed by atoms with Gasteiger partial charge in [0.05, 0.1) is 30.9 Å². The number of aryl methyl sites for hydroxylation is 4. The van der Waals surface area contributed by atoms with Gasteiger partial charge >= 0.3 is 5.97 Å². The highest BCUT2D eigenvalue weighted by molar-refractivity contribution is 5.98. The Hall–Kier alpha value is -3.78. The highest BCUT2D eigenvalue weighted by Gasteiger charge is 2.20. The number of nitrogens with one attached hydrogen (secondary N) is 1. The largest absolute Gasteiger partial charge is 0.465 e. The quantitative estimate of drug-likeness (QED) is 0.412. The Morgan fingerprint density at radius 3 is 2.61 bits per heavy atom. The minimum atomic E-state index is -0.348. The van der Waals surface area contributed by atoms with Crippen molar-refractivity contribution in [3.63, 3.8) is 0 Å². The van der Waals surface area contributed by atoms with Crippen molar-refractivity contribution in [2.45, 2.75) is 32.7 Å². The molecule has 156 valence electrons. The Bertz CT molecular complexity index is 1240. The zero-order chi connectivity index (χ0) is 21.8. The molecule has 0 atom stereocenters. The molecule has 5 nitrogen and oxygen atoms in total. The molecule has 5 heteroatoms. The lowest BCUT2D eigenvalue weighted by Gasteiger charge is -2.10. The zero-order valence-electron chi connectivity index (χ0n) is 17.8. The van der Waals surface area contributed by atoms with E-state index in [0.29, 0.717) is 18.5 Å². The average molecular weight is 412 g/mol. The maximum Gasteiger partial charge on any atom is 0.337 e. The molecule has 0 aliphatic heterocycles. The van der Waals surface area contributed by atoms with E-state index < -0.39 is 0 Å². The molecule has 31 heavy (non-hydrogen) atoms. The molecular formula is C26H25N3O2. The van der Waals surface area contributed by atoms with Crippen LogP contribution in [0, 0.1) is 18.3 Å². The molecule has 0 amide bonds. The first-order valence-electron chi connectivity index (χ1n) is 10.4. The van der Waals surface area contributed by atoms with Gasteiger partial charge in [-0.1, -0.05) is 29.8 Å². The van der Waals surface area contributed by atoms with Gasteiger partial charge in [0, 0.05) is 35.4 Å². The van der Waals surface area contributed by atoms with Crippen molar-refractivity contribution in [1.82, 2.24) is 9.55 Å². The van der Waals surface area contributed by atoms with E-state index in [1.165, 1.54) is 23.8 Å². The fourth-order valence-corrected chi connectivity index (χ4v) is 4.14. The van der Waals surface area contributed by atoms with Gasteiger partial charge in [0.25, 0.3) is 0 Å². The molecule has 1 N–H and O–H groups in total. The maximum absolute atomic E-state index is 12.2. The number of H-pyrrole nitrogens is 1. The molecule has 0 unspecified atom stereocenters. The fourth-order valence-electron chi connectivity index (χ4n) is 4.14. The zero-order valence-corrected chi connectivity index (χ0v) is 17.8. The van der Waals surface area contributed by atoms with Crippen LogP contribution < -0.4 is 0 Å². The molecule has 2 aromatic heterocycles. The summed E-state index contributed by atoms with van der Waals surface area (Å²) in [6.45, 7) is 2.68. The van der Waals surface area contributed by atoms with Gasteiger partial charge in [-0.3, -0.25) is 0 Å². The Balaban J connectivity index is 1.88. The van der Waals surface area contributed by atoms with Crippen molar-refractivity contribution in [3.8, 4) is 17.3 Å². The Labute approximate surface area is 181 Å². The third kappa shape index (κ3) is 4.10. The van der Waals surface area contributed by atoms with Gasteiger partial charge in [-0.25, -0.2) is 4.79 Å². The van der Waals surface area contributed by atoms with Gasteiger partial charge in [-0.05, 0) is 55.2 Å². The Morgan fingerprint density at radius 2 is 1.94 bits per heavy atom. The summed E-state index contributed by atoms with van der Waals surface area (Å²) in [5, 5.41) is 10.3. The highest BCUT2D eigenvalue weighted by Crippen LogP contribution is 2.36. The lowest BCUT2D eigenvalue weighted by atomic mass is 9.98. The smallest absolute Gasteiger partial charge is 0.337 e. The number of ether oxygens (including phenoxy) is 1. The topological polar surface area (TPSA) is 70.8 Å². The first kappa shape index (κ1) is 20.5. The number of aromatic amines is 1. The second kappa shape index (κ2) is 8.93. The number of benzene rings is 2. The molecule has 0 saturated heterocycles. The SMILES string of the molecule is COC(=O)c1ccc2c(c1)c(CCc1ccc(C)cc1)c(-c1cc[nH]c1)n2CCC#N. The molecule has 4 rings (SSSR count). The summed E-state index contributed by atoms with van der Waals surface area (Å²) in [6.07, 6.45) is 6.01. The first-order chi connectivity index (χ1) is 15.1. The van der Waals surface area contributed by atoms with Crippen molar-refractivity contribution in [3.05, 3.63) is 83.2 Å². The molecular weight excluding hydrogens is 386 g/mol. The maximum atomic E-state index is 12.2. The summed E-state index contributed by atoms with van der Waals surface area (Å²) in [5.74, 6) is -0.348. The minimum absolute atomic E-state index is 0.348. The molecule has 0 spiro atoms. The predicted octanol–water partition coefficient (Wildman–Crippen LogP) is 5.43. The minimum Gasteiger partial charge on any atom is -0.465 e. The van der Waals surface area contributed by atoms with Crippen molar-refractivity contribution < 1.29 is 9.53 Å². The van der Waals surface area contributed by atoms with Crippen molar-refractivity contribution >= 4 is 16.9 Å². The molecule has 0 bridgehead atoms. The molecule has 0 radical (unpaired) electrons. The van der Waals surface area contributed by atoms with E-state index in [1.54, 1.807) is 6.07 Å². The molecule has 0 saturated carbocycles.